The van der Waals surface area contributed by atoms with E-state index >= 15 is 0 Å². The van der Waals surface area contributed by atoms with E-state index in [0.717, 1.165) is 9.90 Å². The smallest absolute Gasteiger partial charge is 0.319 e. The Morgan fingerprint density at radius 1 is 1.35 bits per heavy atom. The quantitative estimate of drug-likeness (QED) is 0.272. The number of aromatic nitrogens is 2. The van der Waals surface area contributed by atoms with Gasteiger partial charge >= 0.3 is 12.0 Å². The Kier molecular flexibility index (Phi) is 6.37. The number of hydrogen-bond donors (Lipinski definition) is 4. The van der Waals surface area contributed by atoms with Crippen LogP contribution in [0.3, 0.4) is 0 Å². The molecule has 0 bridgehead atoms. The zero-order chi connectivity index (χ0) is 22.2. The van der Waals surface area contributed by atoms with Crippen molar-refractivity contribution in [3.63, 3.8) is 0 Å². The minimum atomic E-state index is -1.08. The average Bonchev–Trinajstić information content (AvgIpc) is 3.17. The maximum Gasteiger partial charge on any atom is 0.319 e. The molecular formula is C18H19N5O4S4. The number of carboxylic acids is 1. The monoisotopic (exact) mass is 497 g/mol. The molecule has 2 aromatic rings. The molecule has 0 aliphatic carbocycles. The molecule has 0 spiro atoms. The number of hydrogen-bond acceptors (Lipinski definition) is 9. The van der Waals surface area contributed by atoms with Crippen molar-refractivity contribution in [2.75, 3.05) is 23.4 Å². The van der Waals surface area contributed by atoms with E-state index in [1.54, 1.807) is 24.3 Å². The number of amides is 3. The van der Waals surface area contributed by atoms with Crippen LogP contribution >= 0.6 is 47.5 Å². The normalized spacial score (nSPS) is 24.8. The lowest BCUT2D eigenvalue weighted by atomic mass is 9.89. The number of nitrogens with one attached hydrogen (secondary N) is 2. The minimum Gasteiger partial charge on any atom is -0.481 e. The highest BCUT2D eigenvalue weighted by Gasteiger charge is 2.57. The Morgan fingerprint density at radius 2 is 2.10 bits per heavy atom. The lowest BCUT2D eigenvalue weighted by Crippen LogP contribution is -2.74. The number of fused-ring (bicyclic) bond motifs is 1. The van der Waals surface area contributed by atoms with Crippen LogP contribution in [0, 0.1) is 12.3 Å². The highest BCUT2D eigenvalue weighted by molar-refractivity contribution is 8.01. The maximum absolute atomic E-state index is 12.7. The number of thioether (sulfide) groups is 2. The van der Waals surface area contributed by atoms with Gasteiger partial charge in [-0.1, -0.05) is 23.1 Å². The fourth-order valence-corrected chi connectivity index (χ4v) is 7.12. The third-order valence-electron chi connectivity index (χ3n) is 4.99. The van der Waals surface area contributed by atoms with E-state index in [-0.39, 0.29) is 17.8 Å². The van der Waals surface area contributed by atoms with Gasteiger partial charge in [0, 0.05) is 28.6 Å². The Hall–Kier alpha value is -1.96. The number of aryl methyl sites for hydroxylation is 1. The fraction of sp³-hybridized carbons (Fsp3) is 0.389. The molecule has 2 fully saturated rings. The molecule has 3 atom stereocenters. The van der Waals surface area contributed by atoms with E-state index in [4.69, 9.17) is 0 Å². The maximum atomic E-state index is 12.7. The first-order chi connectivity index (χ1) is 14.8. The van der Waals surface area contributed by atoms with Crippen molar-refractivity contribution in [1.82, 2.24) is 20.4 Å². The Balaban J connectivity index is 1.36. The van der Waals surface area contributed by atoms with Crippen LogP contribution in [0.5, 0.6) is 0 Å². The van der Waals surface area contributed by atoms with Crippen molar-refractivity contribution in [1.29, 1.82) is 0 Å². The van der Waals surface area contributed by atoms with E-state index in [1.165, 1.54) is 39.8 Å². The number of aliphatic carboxylic acids is 1. The van der Waals surface area contributed by atoms with Crippen LogP contribution in [-0.4, -0.2) is 67.6 Å². The summed E-state index contributed by atoms with van der Waals surface area (Å²) in [6.07, 6.45) is 0. The van der Waals surface area contributed by atoms with Crippen LogP contribution < -0.4 is 10.6 Å². The molecule has 2 unspecified atom stereocenters. The molecule has 3 N–H and O–H groups in total. The summed E-state index contributed by atoms with van der Waals surface area (Å²) in [6.45, 7) is 1.94. The van der Waals surface area contributed by atoms with Gasteiger partial charge in [0.2, 0.25) is 5.91 Å². The molecule has 1 aromatic heterocycles. The lowest BCUT2D eigenvalue weighted by Gasteiger charge is -2.53. The van der Waals surface area contributed by atoms with E-state index in [1.807, 2.05) is 6.92 Å². The molecule has 9 nitrogen and oxygen atoms in total. The first kappa shape index (κ1) is 22.2. The summed E-state index contributed by atoms with van der Waals surface area (Å²) in [4.78, 5) is 39.3. The molecule has 13 heteroatoms. The van der Waals surface area contributed by atoms with Gasteiger partial charge in [-0.3, -0.25) is 9.59 Å². The molecule has 2 saturated heterocycles. The number of β-lactam (4-membered cyclic amide) rings is 1. The number of carbonyl (C=O) groups is 3. The highest BCUT2D eigenvalue weighted by Crippen LogP contribution is 2.44. The molecule has 164 valence electrons. The van der Waals surface area contributed by atoms with Gasteiger partial charge in [-0.2, -0.15) is 0 Å². The predicted molar refractivity (Wildman–Crippen MR) is 123 cm³/mol. The molecule has 3 amide bonds. The Bertz CT molecular complexity index is 1020. The number of urea groups is 1. The molecule has 31 heavy (non-hydrogen) atoms. The molecule has 4 rings (SSSR count). The lowest BCUT2D eigenvalue weighted by molar-refractivity contribution is -0.155. The SMILES string of the molecule is Cc1nnc(SCC2(C(=O)O)CS[C@@H]3C(NC(=O)Nc4ccc(S)cc4)C(=O)N3C2)s1. The predicted octanol–water partition coefficient (Wildman–Crippen LogP) is 2.40. The second-order valence-electron chi connectivity index (χ2n) is 7.25. The van der Waals surface area contributed by atoms with Crippen LogP contribution in [0.2, 0.25) is 0 Å². The van der Waals surface area contributed by atoms with Crippen molar-refractivity contribution in [3.05, 3.63) is 29.3 Å². The Labute approximate surface area is 196 Å². The number of benzene rings is 1. The number of thiol groups is 1. The summed E-state index contributed by atoms with van der Waals surface area (Å²) in [5.41, 5.74) is -0.493. The van der Waals surface area contributed by atoms with E-state index in [2.05, 4.69) is 33.5 Å². The summed E-state index contributed by atoms with van der Waals surface area (Å²) in [7, 11) is 0. The molecule has 2 aliphatic rings. The molecular weight excluding hydrogens is 478 g/mol. The van der Waals surface area contributed by atoms with Crippen molar-refractivity contribution in [2.24, 2.45) is 5.41 Å². The minimum absolute atomic E-state index is 0.104. The summed E-state index contributed by atoms with van der Waals surface area (Å²) >= 11 is 8.33. The summed E-state index contributed by atoms with van der Waals surface area (Å²) in [5.74, 6) is -0.590. The van der Waals surface area contributed by atoms with Crippen LogP contribution in [0.25, 0.3) is 0 Å². The topological polar surface area (TPSA) is 125 Å². The second kappa shape index (κ2) is 8.88. The zero-order valence-corrected chi connectivity index (χ0v) is 19.6. The van der Waals surface area contributed by atoms with Gasteiger partial charge in [-0.15, -0.1) is 34.6 Å². The number of carbonyl (C=O) groups excluding carboxylic acids is 2. The first-order valence-electron chi connectivity index (χ1n) is 9.22. The standard InChI is InChI=1S/C18H19N5O4S4/c1-9-21-22-17(31-9)30-8-18(15(25)26)6-23-13(24)12(14(23)29-7-18)20-16(27)19-10-2-4-11(28)5-3-10/h2-5,12,14,28H,6-8H2,1H3,(H,25,26)(H2,19,20,27)/t12?,14-,18?/m1/s1. The number of nitrogens with zero attached hydrogens (tertiary/aromatic N) is 3. The van der Waals surface area contributed by atoms with Gasteiger partial charge < -0.3 is 20.6 Å². The third kappa shape index (κ3) is 4.64. The van der Waals surface area contributed by atoms with E-state index in [0.29, 0.717) is 21.5 Å². The number of anilines is 1. The van der Waals surface area contributed by atoms with Crippen molar-refractivity contribution < 1.29 is 19.5 Å². The van der Waals surface area contributed by atoms with Gasteiger partial charge in [0.05, 0.1) is 0 Å². The fourth-order valence-electron chi connectivity index (χ4n) is 3.30. The van der Waals surface area contributed by atoms with Gasteiger partial charge in [0.15, 0.2) is 4.34 Å². The summed E-state index contributed by atoms with van der Waals surface area (Å²) in [5, 5.41) is 23.8. The van der Waals surface area contributed by atoms with Crippen molar-refractivity contribution >= 4 is 71.1 Å². The molecule has 1 aromatic carbocycles. The van der Waals surface area contributed by atoms with E-state index < -0.39 is 23.5 Å². The summed E-state index contributed by atoms with van der Waals surface area (Å²) < 4.78 is 0.711. The largest absolute Gasteiger partial charge is 0.481 e. The van der Waals surface area contributed by atoms with Crippen LogP contribution in [0.4, 0.5) is 10.5 Å². The first-order valence-corrected chi connectivity index (χ1v) is 12.5. The molecule has 3 heterocycles. The van der Waals surface area contributed by atoms with Gasteiger partial charge in [-0.25, -0.2) is 4.79 Å². The van der Waals surface area contributed by atoms with Gasteiger partial charge in [-0.05, 0) is 31.2 Å². The van der Waals surface area contributed by atoms with Crippen LogP contribution in [-0.2, 0) is 9.59 Å². The number of carboxylic acid groups (broad SMARTS) is 1. The zero-order valence-electron chi connectivity index (χ0n) is 16.3. The highest BCUT2D eigenvalue weighted by atomic mass is 32.2. The molecule has 0 saturated carbocycles. The second-order valence-corrected chi connectivity index (χ2v) is 11.3. The van der Waals surface area contributed by atoms with Crippen LogP contribution in [0.15, 0.2) is 33.5 Å². The van der Waals surface area contributed by atoms with Crippen molar-refractivity contribution in [2.45, 2.75) is 27.6 Å². The van der Waals surface area contributed by atoms with Gasteiger partial charge in [0.25, 0.3) is 0 Å². The molecule has 2 aliphatic heterocycles. The average molecular weight is 498 g/mol. The number of rotatable bonds is 6. The summed E-state index contributed by atoms with van der Waals surface area (Å²) in [6, 6.07) is 5.76. The van der Waals surface area contributed by atoms with Gasteiger partial charge in [0.1, 0.15) is 21.8 Å². The van der Waals surface area contributed by atoms with Crippen molar-refractivity contribution in [3.8, 4) is 0 Å². The Morgan fingerprint density at radius 3 is 2.74 bits per heavy atom. The van der Waals surface area contributed by atoms with E-state index in [9.17, 15) is 19.5 Å². The third-order valence-corrected chi connectivity index (χ3v) is 9.14. The van der Waals surface area contributed by atoms with Crippen LogP contribution in [0.1, 0.15) is 5.01 Å². The molecule has 0 radical (unpaired) electrons.